The quantitative estimate of drug-likeness (QED) is 0.458. The molecule has 0 aliphatic carbocycles. The molecule has 1 N–H and O–H groups in total. The zero-order valence-corrected chi connectivity index (χ0v) is 20.6. The van der Waals surface area contributed by atoms with Crippen LogP contribution in [0.3, 0.4) is 0 Å². The highest BCUT2D eigenvalue weighted by atomic mass is 35.5. The van der Waals surface area contributed by atoms with Crippen molar-refractivity contribution in [3.8, 4) is 0 Å². The van der Waals surface area contributed by atoms with Gasteiger partial charge < -0.3 is 10.2 Å². The molecule has 0 radical (unpaired) electrons. The first-order valence-corrected chi connectivity index (χ1v) is 11.6. The number of benzene rings is 3. The second-order valence-corrected chi connectivity index (χ2v) is 8.96. The summed E-state index contributed by atoms with van der Waals surface area (Å²) < 4.78 is 0. The van der Waals surface area contributed by atoms with Gasteiger partial charge in [-0.15, -0.1) is 0 Å². The molecule has 4 nitrogen and oxygen atoms in total. The molecule has 0 aromatic heterocycles. The van der Waals surface area contributed by atoms with Gasteiger partial charge in [-0.05, 0) is 42.7 Å². The van der Waals surface area contributed by atoms with E-state index in [1.165, 1.54) is 0 Å². The highest BCUT2D eigenvalue weighted by Crippen LogP contribution is 2.28. The van der Waals surface area contributed by atoms with E-state index >= 15 is 0 Å². The van der Waals surface area contributed by atoms with E-state index in [2.05, 4.69) is 5.32 Å². The van der Waals surface area contributed by atoms with Crippen LogP contribution in [0.5, 0.6) is 0 Å². The second kappa shape index (κ2) is 11.4. The highest BCUT2D eigenvalue weighted by molar-refractivity contribution is 6.36. The molecule has 0 saturated carbocycles. The van der Waals surface area contributed by atoms with Crippen molar-refractivity contribution in [2.45, 2.75) is 39.3 Å². The molecule has 3 aromatic carbocycles. The average Bonchev–Trinajstić information content (AvgIpc) is 2.80. The lowest BCUT2D eigenvalue weighted by molar-refractivity contribution is -0.140. The van der Waals surface area contributed by atoms with E-state index in [0.717, 1.165) is 22.3 Å². The molecular weight excluding hydrogens is 455 g/mol. The molecule has 0 bridgehead atoms. The molecule has 0 saturated heterocycles. The number of halogens is 2. The monoisotopic (exact) mass is 482 g/mol. The fraction of sp³-hybridized carbons (Fsp3) is 0.259. The first kappa shape index (κ1) is 24.8. The number of aryl methyl sites for hydroxylation is 2. The Kier molecular flexibility index (Phi) is 8.54. The second-order valence-electron chi connectivity index (χ2n) is 8.15. The number of rotatable bonds is 8. The van der Waals surface area contributed by atoms with E-state index in [1.807, 2.05) is 62.4 Å². The predicted octanol–water partition coefficient (Wildman–Crippen LogP) is 5.54. The van der Waals surface area contributed by atoms with Crippen LogP contribution >= 0.6 is 23.2 Å². The largest absolute Gasteiger partial charge is 0.357 e. The smallest absolute Gasteiger partial charge is 0.242 e. The maximum atomic E-state index is 13.7. The number of nitrogens with one attached hydrogen (secondary N) is 1. The van der Waals surface area contributed by atoms with E-state index in [9.17, 15) is 9.59 Å². The van der Waals surface area contributed by atoms with Crippen molar-refractivity contribution in [2.75, 3.05) is 7.05 Å². The van der Waals surface area contributed by atoms with Crippen molar-refractivity contribution in [1.29, 1.82) is 0 Å². The number of nitrogens with zero attached hydrogens (tertiary/aromatic N) is 1. The van der Waals surface area contributed by atoms with Crippen LogP contribution in [0, 0.1) is 13.8 Å². The predicted molar refractivity (Wildman–Crippen MR) is 135 cm³/mol. The molecule has 0 fully saturated rings. The van der Waals surface area contributed by atoms with Crippen molar-refractivity contribution in [1.82, 2.24) is 10.2 Å². The molecule has 6 heteroatoms. The normalized spacial score (nSPS) is 11.7. The molecule has 33 heavy (non-hydrogen) atoms. The number of likely N-dealkylation sites (N-methyl/N-ethyl adjacent to an activating group) is 1. The van der Waals surface area contributed by atoms with Gasteiger partial charge in [-0.3, -0.25) is 9.59 Å². The Bertz CT molecular complexity index is 1110. The maximum Gasteiger partial charge on any atom is 0.242 e. The fourth-order valence-electron chi connectivity index (χ4n) is 3.83. The van der Waals surface area contributed by atoms with Crippen molar-refractivity contribution in [3.63, 3.8) is 0 Å². The first-order valence-electron chi connectivity index (χ1n) is 10.8. The summed E-state index contributed by atoms with van der Waals surface area (Å²) in [7, 11) is 1.58. The summed E-state index contributed by atoms with van der Waals surface area (Å²) in [6.07, 6.45) is 0.555. The Hall–Kier alpha value is -2.82. The van der Waals surface area contributed by atoms with Gasteiger partial charge in [-0.2, -0.15) is 0 Å². The van der Waals surface area contributed by atoms with E-state index in [1.54, 1.807) is 30.1 Å². The fourth-order valence-corrected chi connectivity index (χ4v) is 4.35. The Balaban J connectivity index is 2.02. The zero-order valence-electron chi connectivity index (χ0n) is 19.1. The van der Waals surface area contributed by atoms with Gasteiger partial charge >= 0.3 is 0 Å². The molecule has 172 valence electrons. The van der Waals surface area contributed by atoms with Crippen LogP contribution in [-0.2, 0) is 29.0 Å². The van der Waals surface area contributed by atoms with Crippen molar-refractivity contribution in [2.24, 2.45) is 0 Å². The molecule has 3 rings (SSSR count). The summed E-state index contributed by atoms with van der Waals surface area (Å²) in [6.45, 7) is 4.11. The van der Waals surface area contributed by atoms with Crippen LogP contribution < -0.4 is 5.32 Å². The molecule has 0 aliphatic heterocycles. The Morgan fingerprint density at radius 2 is 1.61 bits per heavy atom. The Morgan fingerprint density at radius 1 is 0.939 bits per heavy atom. The van der Waals surface area contributed by atoms with Gasteiger partial charge in [-0.1, -0.05) is 83.4 Å². The summed E-state index contributed by atoms with van der Waals surface area (Å²) >= 11 is 12.9. The standard InChI is InChI=1S/C27H28Cl2N2O2/c1-18-12-13-19(2)21(14-18)16-26(32)31(17-22-23(28)10-7-11-24(22)29)25(27(33)30-3)15-20-8-5-4-6-9-20/h4-14,25H,15-17H2,1-3H3,(H,30,33)/t25-/m0/s1. The maximum absolute atomic E-state index is 13.7. The van der Waals surface area contributed by atoms with Crippen LogP contribution in [0.1, 0.15) is 27.8 Å². The SMILES string of the molecule is CNC(=O)[C@H](Cc1ccccc1)N(Cc1c(Cl)cccc1Cl)C(=O)Cc1cc(C)ccc1C. The van der Waals surface area contributed by atoms with Crippen LogP contribution in [0.4, 0.5) is 0 Å². The van der Waals surface area contributed by atoms with Gasteiger partial charge in [0.25, 0.3) is 0 Å². The molecule has 0 aliphatic rings. The van der Waals surface area contributed by atoms with Gasteiger partial charge in [0.15, 0.2) is 0 Å². The van der Waals surface area contributed by atoms with Crippen LogP contribution in [0.2, 0.25) is 10.0 Å². The Labute approximate surface area is 205 Å². The molecular formula is C27H28Cl2N2O2. The number of hydrogen-bond acceptors (Lipinski definition) is 2. The van der Waals surface area contributed by atoms with Crippen LogP contribution in [-0.4, -0.2) is 29.8 Å². The number of hydrogen-bond donors (Lipinski definition) is 1. The summed E-state index contributed by atoms with van der Waals surface area (Å²) in [5.41, 5.74) is 4.63. The topological polar surface area (TPSA) is 49.4 Å². The van der Waals surface area contributed by atoms with E-state index < -0.39 is 6.04 Å². The summed E-state index contributed by atoms with van der Waals surface area (Å²) in [5.74, 6) is -0.402. The number of amides is 2. The zero-order chi connectivity index (χ0) is 24.0. The molecule has 2 amide bonds. The minimum absolute atomic E-state index is 0.132. The number of carbonyl (C=O) groups is 2. The third kappa shape index (κ3) is 6.37. The molecule has 0 heterocycles. The summed E-state index contributed by atoms with van der Waals surface area (Å²) in [4.78, 5) is 28.3. The first-order chi connectivity index (χ1) is 15.8. The van der Waals surface area contributed by atoms with E-state index in [4.69, 9.17) is 23.2 Å². The van der Waals surface area contributed by atoms with Crippen molar-refractivity contribution < 1.29 is 9.59 Å². The van der Waals surface area contributed by atoms with Crippen LogP contribution in [0.25, 0.3) is 0 Å². The average molecular weight is 483 g/mol. The van der Waals surface area contributed by atoms with E-state index in [0.29, 0.717) is 22.0 Å². The third-order valence-electron chi connectivity index (χ3n) is 5.75. The van der Waals surface area contributed by atoms with Gasteiger partial charge in [-0.25, -0.2) is 0 Å². The van der Waals surface area contributed by atoms with Crippen molar-refractivity contribution >= 4 is 35.0 Å². The lowest BCUT2D eigenvalue weighted by Crippen LogP contribution is -2.50. The minimum Gasteiger partial charge on any atom is -0.357 e. The van der Waals surface area contributed by atoms with E-state index in [-0.39, 0.29) is 24.8 Å². The lowest BCUT2D eigenvalue weighted by atomic mass is 9.99. The van der Waals surface area contributed by atoms with Gasteiger partial charge in [0.2, 0.25) is 11.8 Å². The third-order valence-corrected chi connectivity index (χ3v) is 6.46. The van der Waals surface area contributed by atoms with Crippen LogP contribution in [0.15, 0.2) is 66.7 Å². The lowest BCUT2D eigenvalue weighted by Gasteiger charge is -2.32. The molecule has 0 unspecified atom stereocenters. The van der Waals surface area contributed by atoms with Crippen molar-refractivity contribution in [3.05, 3.63) is 105 Å². The van der Waals surface area contributed by atoms with Gasteiger partial charge in [0, 0.05) is 35.6 Å². The molecule has 3 aromatic rings. The molecule has 1 atom stereocenters. The summed E-state index contributed by atoms with van der Waals surface area (Å²) in [5, 5.41) is 3.64. The Morgan fingerprint density at radius 3 is 2.24 bits per heavy atom. The van der Waals surface area contributed by atoms with Gasteiger partial charge in [0.05, 0.1) is 6.42 Å². The van der Waals surface area contributed by atoms with Gasteiger partial charge in [0.1, 0.15) is 6.04 Å². The minimum atomic E-state index is -0.720. The summed E-state index contributed by atoms with van der Waals surface area (Å²) in [6, 6.07) is 20.2. The number of carbonyl (C=O) groups excluding carboxylic acids is 2. The molecule has 0 spiro atoms. The highest BCUT2D eigenvalue weighted by Gasteiger charge is 2.31.